The fourth-order valence-electron chi connectivity index (χ4n) is 3.63. The van der Waals surface area contributed by atoms with E-state index in [1.807, 2.05) is 6.07 Å². The molecule has 0 saturated heterocycles. The number of anilines is 2. The molecule has 6 nitrogen and oxygen atoms in total. The molecule has 1 aromatic carbocycles. The normalized spacial score (nSPS) is 23.6. The lowest BCUT2D eigenvalue weighted by atomic mass is 9.78. The first-order chi connectivity index (χ1) is 11.5. The minimum absolute atomic E-state index is 0.0111. The van der Waals surface area contributed by atoms with Crippen molar-refractivity contribution in [2.75, 3.05) is 10.6 Å². The Labute approximate surface area is 140 Å². The van der Waals surface area contributed by atoms with E-state index in [1.54, 1.807) is 12.1 Å². The highest BCUT2D eigenvalue weighted by Gasteiger charge is 2.35. The monoisotopic (exact) mass is 330 g/mol. The number of benzene rings is 1. The van der Waals surface area contributed by atoms with Gasteiger partial charge in [-0.25, -0.2) is 0 Å². The molecule has 1 heterocycles. The number of carboxylic acid groups (broad SMARTS) is 1. The minimum Gasteiger partial charge on any atom is -0.481 e. The van der Waals surface area contributed by atoms with Gasteiger partial charge in [0.15, 0.2) is 0 Å². The van der Waals surface area contributed by atoms with Gasteiger partial charge in [-0.2, -0.15) is 0 Å². The first-order valence-electron chi connectivity index (χ1n) is 8.51. The number of carbonyl (C=O) groups excluding carboxylic acids is 2. The van der Waals surface area contributed by atoms with Crippen LogP contribution in [0, 0.1) is 11.8 Å². The third-order valence-corrected chi connectivity index (χ3v) is 4.92. The summed E-state index contributed by atoms with van der Waals surface area (Å²) >= 11 is 0. The Morgan fingerprint density at radius 1 is 1.08 bits per heavy atom. The van der Waals surface area contributed by atoms with Crippen LogP contribution < -0.4 is 10.6 Å². The summed E-state index contributed by atoms with van der Waals surface area (Å²) in [6.45, 7) is 0. The summed E-state index contributed by atoms with van der Waals surface area (Å²) in [5.74, 6) is -2.18. The number of fused-ring (bicyclic) bond motifs is 1. The minimum atomic E-state index is -0.889. The van der Waals surface area contributed by atoms with Gasteiger partial charge < -0.3 is 15.7 Å². The van der Waals surface area contributed by atoms with Crippen LogP contribution in [0.15, 0.2) is 18.2 Å². The van der Waals surface area contributed by atoms with Crippen LogP contribution in [0.5, 0.6) is 0 Å². The number of aliphatic carboxylic acids is 1. The summed E-state index contributed by atoms with van der Waals surface area (Å²) in [5, 5.41) is 15.0. The Bertz CT molecular complexity index is 671. The molecule has 24 heavy (non-hydrogen) atoms. The quantitative estimate of drug-likeness (QED) is 0.794. The molecule has 1 aliphatic heterocycles. The topological polar surface area (TPSA) is 95.5 Å². The average molecular weight is 330 g/mol. The van der Waals surface area contributed by atoms with Crippen molar-refractivity contribution in [2.24, 2.45) is 11.8 Å². The van der Waals surface area contributed by atoms with E-state index in [0.29, 0.717) is 24.9 Å². The summed E-state index contributed by atoms with van der Waals surface area (Å²) in [6.07, 6.45) is 4.97. The Kier molecular flexibility index (Phi) is 4.83. The predicted octanol–water partition coefficient (Wildman–Crippen LogP) is 2.79. The van der Waals surface area contributed by atoms with Gasteiger partial charge in [0, 0.05) is 17.8 Å². The van der Waals surface area contributed by atoms with Crippen LogP contribution in [0.1, 0.15) is 44.1 Å². The molecule has 1 aromatic rings. The number of nitrogens with one attached hydrogen (secondary N) is 2. The third-order valence-electron chi connectivity index (χ3n) is 4.92. The highest BCUT2D eigenvalue weighted by molar-refractivity contribution is 5.96. The van der Waals surface area contributed by atoms with Gasteiger partial charge >= 0.3 is 5.97 Å². The molecule has 0 spiro atoms. The third kappa shape index (κ3) is 3.58. The lowest BCUT2D eigenvalue weighted by Crippen LogP contribution is -2.36. The van der Waals surface area contributed by atoms with Crippen LogP contribution in [0.3, 0.4) is 0 Å². The zero-order valence-corrected chi connectivity index (χ0v) is 13.5. The highest BCUT2D eigenvalue weighted by Crippen LogP contribution is 2.32. The summed E-state index contributed by atoms with van der Waals surface area (Å²) in [7, 11) is 0. The molecule has 2 atom stereocenters. The van der Waals surface area contributed by atoms with Gasteiger partial charge in [-0.15, -0.1) is 0 Å². The Balaban J connectivity index is 1.73. The molecule has 0 aromatic heterocycles. The first-order valence-corrected chi connectivity index (χ1v) is 8.51. The molecule has 128 valence electrons. The molecule has 1 aliphatic carbocycles. The lowest BCUT2D eigenvalue weighted by molar-refractivity contribution is -0.147. The fraction of sp³-hybridized carbons (Fsp3) is 0.500. The number of aryl methyl sites for hydroxylation is 1. The van der Waals surface area contributed by atoms with Crippen LogP contribution in [0.4, 0.5) is 11.4 Å². The van der Waals surface area contributed by atoms with Crippen LogP contribution in [0.25, 0.3) is 0 Å². The van der Waals surface area contributed by atoms with Crippen LogP contribution in [-0.2, 0) is 20.8 Å². The Hall–Kier alpha value is -2.37. The lowest BCUT2D eigenvalue weighted by Gasteiger charge is -2.27. The number of carboxylic acids is 1. The van der Waals surface area contributed by atoms with Crippen molar-refractivity contribution in [2.45, 2.75) is 44.9 Å². The SMILES string of the molecule is O=C1CCCc2cc(NC(=O)[C@@H]3CCCC[C@@H]3C(=O)O)ccc2N1. The van der Waals surface area contributed by atoms with Gasteiger partial charge in [0.25, 0.3) is 0 Å². The van der Waals surface area contributed by atoms with Crippen molar-refractivity contribution in [3.05, 3.63) is 23.8 Å². The number of hydrogen-bond acceptors (Lipinski definition) is 3. The number of rotatable bonds is 3. The van der Waals surface area contributed by atoms with E-state index in [0.717, 1.165) is 36.9 Å². The molecule has 3 N–H and O–H groups in total. The molecule has 1 saturated carbocycles. The van der Waals surface area contributed by atoms with Crippen molar-refractivity contribution in [1.29, 1.82) is 0 Å². The van der Waals surface area contributed by atoms with Crippen LogP contribution in [0.2, 0.25) is 0 Å². The molecule has 1 fully saturated rings. The van der Waals surface area contributed by atoms with E-state index in [9.17, 15) is 19.5 Å². The van der Waals surface area contributed by atoms with E-state index in [1.165, 1.54) is 0 Å². The number of carbonyl (C=O) groups is 3. The molecule has 0 unspecified atom stereocenters. The maximum absolute atomic E-state index is 12.5. The van der Waals surface area contributed by atoms with Crippen molar-refractivity contribution >= 4 is 29.2 Å². The van der Waals surface area contributed by atoms with E-state index in [2.05, 4.69) is 10.6 Å². The second-order valence-electron chi connectivity index (χ2n) is 6.60. The summed E-state index contributed by atoms with van der Waals surface area (Å²) in [5.41, 5.74) is 2.44. The standard InChI is InChI=1S/C18H22N2O4/c21-16-7-3-4-11-10-12(8-9-15(11)20-16)19-17(22)13-5-1-2-6-14(13)18(23)24/h8-10,13-14H,1-7H2,(H,19,22)(H,20,21)(H,23,24)/t13-,14+/m1/s1. The Morgan fingerprint density at radius 2 is 1.83 bits per heavy atom. The van der Waals surface area contributed by atoms with Gasteiger partial charge in [-0.1, -0.05) is 12.8 Å². The van der Waals surface area contributed by atoms with E-state index in [-0.39, 0.29) is 11.8 Å². The van der Waals surface area contributed by atoms with E-state index in [4.69, 9.17) is 0 Å². The van der Waals surface area contributed by atoms with Crippen molar-refractivity contribution in [3.63, 3.8) is 0 Å². The molecule has 0 radical (unpaired) electrons. The smallest absolute Gasteiger partial charge is 0.307 e. The van der Waals surface area contributed by atoms with Gasteiger partial charge in [0.1, 0.15) is 0 Å². The average Bonchev–Trinajstić information content (AvgIpc) is 2.75. The van der Waals surface area contributed by atoms with Crippen LogP contribution in [-0.4, -0.2) is 22.9 Å². The van der Waals surface area contributed by atoms with Gasteiger partial charge in [-0.3, -0.25) is 14.4 Å². The maximum atomic E-state index is 12.5. The molecular formula is C18H22N2O4. The zero-order chi connectivity index (χ0) is 17.1. The van der Waals surface area contributed by atoms with Gasteiger partial charge in [-0.05, 0) is 49.4 Å². The van der Waals surface area contributed by atoms with E-state index < -0.39 is 17.8 Å². The van der Waals surface area contributed by atoms with Gasteiger partial charge in [0.2, 0.25) is 11.8 Å². The molecule has 2 aliphatic rings. The second-order valence-corrected chi connectivity index (χ2v) is 6.60. The molecule has 0 bridgehead atoms. The van der Waals surface area contributed by atoms with Crippen molar-refractivity contribution in [1.82, 2.24) is 0 Å². The van der Waals surface area contributed by atoms with Crippen molar-refractivity contribution in [3.8, 4) is 0 Å². The van der Waals surface area contributed by atoms with Crippen LogP contribution >= 0.6 is 0 Å². The number of hydrogen-bond donors (Lipinski definition) is 3. The fourth-order valence-corrected chi connectivity index (χ4v) is 3.63. The second kappa shape index (κ2) is 7.03. The molecule has 3 rings (SSSR count). The molecule has 6 heteroatoms. The van der Waals surface area contributed by atoms with E-state index >= 15 is 0 Å². The summed E-state index contributed by atoms with van der Waals surface area (Å²) < 4.78 is 0. The highest BCUT2D eigenvalue weighted by atomic mass is 16.4. The van der Waals surface area contributed by atoms with Crippen molar-refractivity contribution < 1.29 is 19.5 Å². The molecular weight excluding hydrogens is 308 g/mol. The number of amides is 2. The predicted molar refractivity (Wildman–Crippen MR) is 89.7 cm³/mol. The Morgan fingerprint density at radius 3 is 2.58 bits per heavy atom. The summed E-state index contributed by atoms with van der Waals surface area (Å²) in [4.78, 5) is 35.5. The molecule has 2 amide bonds. The summed E-state index contributed by atoms with van der Waals surface area (Å²) in [6, 6.07) is 5.42. The first kappa shape index (κ1) is 16.5. The largest absolute Gasteiger partial charge is 0.481 e. The zero-order valence-electron chi connectivity index (χ0n) is 13.5. The van der Waals surface area contributed by atoms with Gasteiger partial charge in [0.05, 0.1) is 11.8 Å². The maximum Gasteiger partial charge on any atom is 0.307 e.